The van der Waals surface area contributed by atoms with Crippen LogP contribution in [-0.2, 0) is 0 Å². The Labute approximate surface area is 99.9 Å². The van der Waals surface area contributed by atoms with Crippen molar-refractivity contribution >= 4 is 6.09 Å². The molecule has 2 N–H and O–H groups in total. The van der Waals surface area contributed by atoms with E-state index in [4.69, 9.17) is 9.94 Å². The predicted molar refractivity (Wildman–Crippen MR) is 62.0 cm³/mol. The van der Waals surface area contributed by atoms with E-state index in [1.54, 1.807) is 17.0 Å². The largest absolute Gasteiger partial charge is 0.415 e. The quantitative estimate of drug-likeness (QED) is 0.766. The van der Waals surface area contributed by atoms with Crippen molar-refractivity contribution in [3.63, 3.8) is 0 Å². The molecule has 1 aromatic carbocycles. The van der Waals surface area contributed by atoms with E-state index in [1.165, 1.54) is 0 Å². The van der Waals surface area contributed by atoms with Crippen molar-refractivity contribution in [2.75, 3.05) is 13.1 Å². The first-order valence-electron chi connectivity index (χ1n) is 5.71. The molecule has 1 saturated heterocycles. The minimum atomic E-state index is -0.365. The molecule has 0 bridgehead atoms. The predicted octanol–water partition coefficient (Wildman–Crippen LogP) is 1.63. The number of nitrogens with one attached hydrogen (secondary N) is 1. The fourth-order valence-corrected chi connectivity index (χ4v) is 1.90. The van der Waals surface area contributed by atoms with Gasteiger partial charge in [-0.3, -0.25) is 0 Å². The first-order valence-corrected chi connectivity index (χ1v) is 5.71. The number of para-hydroxylation sites is 1. The summed E-state index contributed by atoms with van der Waals surface area (Å²) in [5.74, 6) is 0.539. The summed E-state index contributed by atoms with van der Waals surface area (Å²) in [7, 11) is 0. The average molecular weight is 236 g/mol. The van der Waals surface area contributed by atoms with Gasteiger partial charge < -0.3 is 14.8 Å². The molecule has 2 rings (SSSR count). The Bertz CT molecular complexity index is 369. The van der Waals surface area contributed by atoms with Crippen molar-refractivity contribution in [1.29, 1.82) is 0 Å². The van der Waals surface area contributed by atoms with E-state index in [9.17, 15) is 4.79 Å². The highest BCUT2D eigenvalue weighted by molar-refractivity contribution is 5.70. The minimum absolute atomic E-state index is 0.0629. The molecule has 1 aliphatic rings. The fraction of sp³-hybridized carbons (Fsp3) is 0.417. The third-order valence-corrected chi connectivity index (χ3v) is 2.81. The normalized spacial score (nSPS) is 20.1. The second kappa shape index (κ2) is 5.65. The maximum Gasteiger partial charge on any atom is 0.415 e. The van der Waals surface area contributed by atoms with Gasteiger partial charge in [-0.2, -0.15) is 0 Å². The third-order valence-electron chi connectivity index (χ3n) is 2.81. The van der Waals surface area contributed by atoms with Gasteiger partial charge in [-0.05, 0) is 25.0 Å². The molecule has 1 atom stereocenters. The van der Waals surface area contributed by atoms with Crippen LogP contribution in [0.1, 0.15) is 12.8 Å². The highest BCUT2D eigenvalue weighted by atomic mass is 16.6. The maximum atomic E-state index is 11.8. The van der Waals surface area contributed by atoms with Crippen LogP contribution in [0, 0.1) is 0 Å². The summed E-state index contributed by atoms with van der Waals surface area (Å²) in [4.78, 5) is 13.4. The molecule has 1 aromatic rings. The van der Waals surface area contributed by atoms with Gasteiger partial charge in [0, 0.05) is 19.1 Å². The number of carbonyl (C=O) groups excluding carboxylic acids is 1. The molecule has 1 fully saturated rings. The highest BCUT2D eigenvalue weighted by Gasteiger charge is 2.24. The first kappa shape index (κ1) is 11.9. The number of carbonyl (C=O) groups is 1. The van der Waals surface area contributed by atoms with Gasteiger partial charge in [0.25, 0.3) is 0 Å². The fourth-order valence-electron chi connectivity index (χ4n) is 1.90. The number of likely N-dealkylation sites (tertiary alicyclic amines) is 1. The number of ether oxygens (including phenoxy) is 1. The van der Waals surface area contributed by atoms with Crippen LogP contribution in [0.2, 0.25) is 0 Å². The molecule has 0 unspecified atom stereocenters. The Balaban J connectivity index is 1.91. The zero-order valence-electron chi connectivity index (χ0n) is 9.50. The molecule has 0 saturated carbocycles. The van der Waals surface area contributed by atoms with Crippen molar-refractivity contribution in [1.82, 2.24) is 10.4 Å². The van der Waals surface area contributed by atoms with Crippen LogP contribution < -0.4 is 10.2 Å². The van der Waals surface area contributed by atoms with Crippen LogP contribution in [0.15, 0.2) is 30.3 Å². The van der Waals surface area contributed by atoms with Gasteiger partial charge in [0.05, 0.1) is 0 Å². The standard InChI is InChI=1S/C12H16N2O3/c15-12(17-11-6-2-1-3-7-11)14-8-4-5-10(9-14)13-16/h1-3,6-7,10,13,16H,4-5,8-9H2/t10-/m1/s1. The van der Waals surface area contributed by atoms with Gasteiger partial charge in [0.1, 0.15) is 5.75 Å². The second-order valence-electron chi connectivity index (χ2n) is 4.10. The molecule has 5 nitrogen and oxygen atoms in total. The van der Waals surface area contributed by atoms with Crippen LogP contribution >= 0.6 is 0 Å². The van der Waals surface area contributed by atoms with E-state index >= 15 is 0 Å². The van der Waals surface area contributed by atoms with E-state index in [1.807, 2.05) is 18.2 Å². The Hall–Kier alpha value is -1.59. The van der Waals surface area contributed by atoms with Crippen LogP contribution in [0.5, 0.6) is 5.75 Å². The number of hydrogen-bond donors (Lipinski definition) is 2. The minimum Gasteiger partial charge on any atom is -0.410 e. The smallest absolute Gasteiger partial charge is 0.410 e. The number of rotatable bonds is 2. The lowest BCUT2D eigenvalue weighted by Gasteiger charge is -2.30. The molecule has 0 radical (unpaired) electrons. The molecular weight excluding hydrogens is 220 g/mol. The lowest BCUT2D eigenvalue weighted by Crippen LogP contribution is -2.48. The summed E-state index contributed by atoms with van der Waals surface area (Å²) in [6.45, 7) is 1.14. The van der Waals surface area contributed by atoms with Crippen molar-refractivity contribution in [2.24, 2.45) is 0 Å². The van der Waals surface area contributed by atoms with Gasteiger partial charge in [-0.25, -0.2) is 10.3 Å². The molecule has 1 aliphatic heterocycles. The van der Waals surface area contributed by atoms with Crippen molar-refractivity contribution in [3.05, 3.63) is 30.3 Å². The number of hydroxylamine groups is 1. The van der Waals surface area contributed by atoms with Crippen LogP contribution in [0.3, 0.4) is 0 Å². The van der Waals surface area contributed by atoms with Crippen molar-refractivity contribution < 1.29 is 14.7 Å². The average Bonchev–Trinajstić information content (AvgIpc) is 2.40. The van der Waals surface area contributed by atoms with E-state index in [0.29, 0.717) is 18.8 Å². The Morgan fingerprint density at radius 3 is 2.88 bits per heavy atom. The lowest BCUT2D eigenvalue weighted by atomic mass is 10.1. The zero-order chi connectivity index (χ0) is 12.1. The van der Waals surface area contributed by atoms with Gasteiger partial charge >= 0.3 is 6.09 Å². The highest BCUT2D eigenvalue weighted by Crippen LogP contribution is 2.14. The summed E-state index contributed by atoms with van der Waals surface area (Å²) in [6, 6.07) is 8.91. The summed E-state index contributed by atoms with van der Waals surface area (Å²) in [5, 5.41) is 8.85. The topological polar surface area (TPSA) is 61.8 Å². The molecule has 1 amide bonds. The molecular formula is C12H16N2O3. The number of benzene rings is 1. The monoisotopic (exact) mass is 236 g/mol. The van der Waals surface area contributed by atoms with Crippen LogP contribution in [0.4, 0.5) is 4.79 Å². The molecule has 17 heavy (non-hydrogen) atoms. The van der Waals surface area contributed by atoms with Gasteiger partial charge in [-0.15, -0.1) is 0 Å². The van der Waals surface area contributed by atoms with Crippen molar-refractivity contribution in [3.8, 4) is 5.75 Å². The van der Waals surface area contributed by atoms with E-state index in [0.717, 1.165) is 12.8 Å². The van der Waals surface area contributed by atoms with E-state index in [2.05, 4.69) is 5.48 Å². The lowest BCUT2D eigenvalue weighted by molar-refractivity contribution is 0.0739. The third kappa shape index (κ3) is 3.18. The Morgan fingerprint density at radius 2 is 2.18 bits per heavy atom. The number of nitrogens with zero attached hydrogens (tertiary/aromatic N) is 1. The number of piperidine rings is 1. The first-order chi connectivity index (χ1) is 8.29. The molecule has 0 aliphatic carbocycles. The van der Waals surface area contributed by atoms with Crippen LogP contribution in [-0.4, -0.2) is 35.3 Å². The van der Waals surface area contributed by atoms with Crippen molar-refractivity contribution in [2.45, 2.75) is 18.9 Å². The van der Waals surface area contributed by atoms with Crippen LogP contribution in [0.25, 0.3) is 0 Å². The van der Waals surface area contributed by atoms with E-state index in [-0.39, 0.29) is 12.1 Å². The summed E-state index contributed by atoms with van der Waals surface area (Å²) in [6.07, 6.45) is 1.37. The molecule has 5 heteroatoms. The number of hydrogen-bond acceptors (Lipinski definition) is 4. The second-order valence-corrected chi connectivity index (χ2v) is 4.10. The molecule has 92 valence electrons. The SMILES string of the molecule is O=C(Oc1ccccc1)N1CCC[C@@H](NO)C1. The summed E-state index contributed by atoms with van der Waals surface area (Å²) < 4.78 is 5.22. The zero-order valence-corrected chi connectivity index (χ0v) is 9.50. The number of amides is 1. The maximum absolute atomic E-state index is 11.8. The Kier molecular flexibility index (Phi) is 3.95. The molecule has 0 aromatic heterocycles. The Morgan fingerprint density at radius 1 is 1.41 bits per heavy atom. The van der Waals surface area contributed by atoms with E-state index < -0.39 is 0 Å². The van der Waals surface area contributed by atoms with Gasteiger partial charge in [0.2, 0.25) is 0 Å². The molecule has 1 heterocycles. The van der Waals surface area contributed by atoms with Gasteiger partial charge in [-0.1, -0.05) is 18.2 Å². The molecule has 0 spiro atoms. The van der Waals surface area contributed by atoms with Gasteiger partial charge in [0.15, 0.2) is 0 Å². The summed E-state index contributed by atoms with van der Waals surface area (Å²) in [5.41, 5.74) is 2.20. The summed E-state index contributed by atoms with van der Waals surface area (Å²) >= 11 is 0.